The number of nitro benzene ring substituents is 1. The summed E-state index contributed by atoms with van der Waals surface area (Å²) in [4.78, 5) is 17.5. The van der Waals surface area contributed by atoms with E-state index in [0.29, 0.717) is 12.2 Å². The minimum Gasteiger partial charge on any atom is -0.370 e. The molecule has 0 aliphatic rings. The number of aromatic amines is 1. The molecule has 2 rings (SSSR count). The lowest BCUT2D eigenvalue weighted by Gasteiger charge is -2.16. The second kappa shape index (κ2) is 6.00. The fourth-order valence-electron chi connectivity index (χ4n) is 1.82. The molecule has 8 heteroatoms. The Morgan fingerprint density at radius 3 is 2.90 bits per heavy atom. The topological polar surface area (TPSA) is 83.8 Å². The highest BCUT2D eigenvalue weighted by atomic mass is 79.9. The van der Waals surface area contributed by atoms with Crippen LogP contribution in [0.4, 0.5) is 15.8 Å². The van der Waals surface area contributed by atoms with Gasteiger partial charge in [0, 0.05) is 12.4 Å². The molecule has 1 unspecified atom stereocenters. The quantitative estimate of drug-likeness (QED) is 0.639. The van der Waals surface area contributed by atoms with Crippen molar-refractivity contribution in [3.05, 3.63) is 50.8 Å². The second-order valence-corrected chi connectivity index (χ2v) is 4.97. The van der Waals surface area contributed by atoms with E-state index in [1.165, 1.54) is 6.07 Å². The Labute approximate surface area is 122 Å². The van der Waals surface area contributed by atoms with Crippen LogP contribution < -0.4 is 5.32 Å². The molecule has 106 valence electrons. The van der Waals surface area contributed by atoms with Crippen molar-refractivity contribution in [2.45, 2.75) is 19.4 Å². The molecule has 0 bridgehead atoms. The van der Waals surface area contributed by atoms with E-state index in [1.54, 1.807) is 12.4 Å². The Morgan fingerprint density at radius 1 is 1.60 bits per heavy atom. The summed E-state index contributed by atoms with van der Waals surface area (Å²) >= 11 is 3.03. The van der Waals surface area contributed by atoms with Crippen LogP contribution in [0.5, 0.6) is 0 Å². The van der Waals surface area contributed by atoms with Crippen LogP contribution in [-0.2, 0) is 0 Å². The zero-order valence-corrected chi connectivity index (χ0v) is 12.1. The Kier molecular flexibility index (Phi) is 4.33. The van der Waals surface area contributed by atoms with Gasteiger partial charge in [-0.15, -0.1) is 0 Å². The Bertz CT molecular complexity index is 618. The van der Waals surface area contributed by atoms with Gasteiger partial charge in [0.15, 0.2) is 0 Å². The SMILES string of the molecule is CCC(Nc1cc(Br)c(F)cc1[N+](=O)[O-])c1ncc[nH]1. The van der Waals surface area contributed by atoms with E-state index in [1.807, 2.05) is 6.92 Å². The number of nitrogens with zero attached hydrogens (tertiary/aromatic N) is 2. The van der Waals surface area contributed by atoms with Gasteiger partial charge in [-0.2, -0.15) is 0 Å². The van der Waals surface area contributed by atoms with Crippen molar-refractivity contribution in [2.24, 2.45) is 0 Å². The molecule has 0 aliphatic heterocycles. The van der Waals surface area contributed by atoms with Gasteiger partial charge in [0.25, 0.3) is 5.69 Å². The third-order valence-corrected chi connectivity index (χ3v) is 3.43. The van der Waals surface area contributed by atoms with E-state index in [4.69, 9.17) is 0 Å². The largest absolute Gasteiger partial charge is 0.370 e. The van der Waals surface area contributed by atoms with E-state index in [-0.39, 0.29) is 21.9 Å². The molecule has 2 aromatic rings. The number of hydrogen-bond donors (Lipinski definition) is 2. The van der Waals surface area contributed by atoms with E-state index in [2.05, 4.69) is 31.2 Å². The van der Waals surface area contributed by atoms with Crippen molar-refractivity contribution < 1.29 is 9.31 Å². The summed E-state index contributed by atoms with van der Waals surface area (Å²) in [6.45, 7) is 1.92. The van der Waals surface area contributed by atoms with Gasteiger partial charge in [0.1, 0.15) is 17.3 Å². The number of nitro groups is 1. The van der Waals surface area contributed by atoms with E-state index < -0.39 is 10.7 Å². The van der Waals surface area contributed by atoms with Crippen LogP contribution >= 0.6 is 15.9 Å². The number of H-pyrrole nitrogens is 1. The van der Waals surface area contributed by atoms with Gasteiger partial charge in [0.2, 0.25) is 0 Å². The first-order chi connectivity index (χ1) is 9.52. The van der Waals surface area contributed by atoms with Gasteiger partial charge in [-0.05, 0) is 28.4 Å². The molecule has 1 atom stereocenters. The molecule has 0 fully saturated rings. The molecule has 0 radical (unpaired) electrons. The molecule has 1 aromatic heterocycles. The van der Waals surface area contributed by atoms with Crippen molar-refractivity contribution >= 4 is 27.3 Å². The maximum absolute atomic E-state index is 13.4. The van der Waals surface area contributed by atoms with Gasteiger partial charge >= 0.3 is 0 Å². The summed E-state index contributed by atoms with van der Waals surface area (Å²) in [6.07, 6.45) is 3.95. The zero-order valence-electron chi connectivity index (χ0n) is 10.6. The van der Waals surface area contributed by atoms with Crippen LogP contribution in [-0.4, -0.2) is 14.9 Å². The first-order valence-electron chi connectivity index (χ1n) is 5.92. The summed E-state index contributed by atoms with van der Waals surface area (Å²) in [5, 5.41) is 14.0. The van der Waals surface area contributed by atoms with Crippen LogP contribution in [0.25, 0.3) is 0 Å². The summed E-state index contributed by atoms with van der Waals surface area (Å²) in [7, 11) is 0. The van der Waals surface area contributed by atoms with Crippen LogP contribution in [0, 0.1) is 15.9 Å². The highest BCUT2D eigenvalue weighted by Gasteiger charge is 2.21. The minimum atomic E-state index is -0.673. The second-order valence-electron chi connectivity index (χ2n) is 4.12. The fourth-order valence-corrected chi connectivity index (χ4v) is 2.17. The number of hydrogen-bond acceptors (Lipinski definition) is 4. The smallest absolute Gasteiger partial charge is 0.295 e. The number of rotatable bonds is 5. The molecule has 0 saturated heterocycles. The van der Waals surface area contributed by atoms with Gasteiger partial charge in [-0.25, -0.2) is 9.37 Å². The summed E-state index contributed by atoms with van der Waals surface area (Å²) in [5.41, 5.74) is -0.0674. The van der Waals surface area contributed by atoms with Crippen molar-refractivity contribution in [1.29, 1.82) is 0 Å². The van der Waals surface area contributed by atoms with Crippen LogP contribution in [0.15, 0.2) is 29.0 Å². The maximum atomic E-state index is 13.4. The fraction of sp³-hybridized carbons (Fsp3) is 0.250. The van der Waals surface area contributed by atoms with Crippen LogP contribution in [0.1, 0.15) is 25.2 Å². The van der Waals surface area contributed by atoms with Gasteiger partial charge in [-0.1, -0.05) is 6.92 Å². The maximum Gasteiger partial charge on any atom is 0.295 e. The molecule has 0 spiro atoms. The number of anilines is 1. The third kappa shape index (κ3) is 2.96. The van der Waals surface area contributed by atoms with Crippen molar-refractivity contribution in [3.63, 3.8) is 0 Å². The molecule has 0 saturated carbocycles. The molecule has 0 amide bonds. The third-order valence-electron chi connectivity index (χ3n) is 2.82. The number of halogens is 2. The van der Waals surface area contributed by atoms with Crippen molar-refractivity contribution in [2.75, 3.05) is 5.32 Å². The minimum absolute atomic E-state index is 0.167. The Hall–Kier alpha value is -1.96. The first kappa shape index (κ1) is 14.4. The van der Waals surface area contributed by atoms with Crippen LogP contribution in [0.3, 0.4) is 0 Å². The van der Waals surface area contributed by atoms with Gasteiger partial charge < -0.3 is 10.3 Å². The molecular weight excluding hydrogens is 331 g/mol. The average Bonchev–Trinajstić information content (AvgIpc) is 2.93. The molecule has 20 heavy (non-hydrogen) atoms. The summed E-state index contributed by atoms with van der Waals surface area (Å²) in [5.74, 6) is -0.00413. The lowest BCUT2D eigenvalue weighted by molar-refractivity contribution is -0.384. The number of nitrogens with one attached hydrogen (secondary N) is 2. The number of aromatic nitrogens is 2. The highest BCUT2D eigenvalue weighted by molar-refractivity contribution is 9.10. The van der Waals surface area contributed by atoms with E-state index >= 15 is 0 Å². The number of benzene rings is 1. The zero-order chi connectivity index (χ0) is 14.7. The Morgan fingerprint density at radius 2 is 2.35 bits per heavy atom. The molecular formula is C12H12BrFN4O2. The first-order valence-corrected chi connectivity index (χ1v) is 6.71. The predicted molar refractivity (Wildman–Crippen MR) is 76.0 cm³/mol. The van der Waals surface area contributed by atoms with Gasteiger partial charge in [0.05, 0.1) is 21.5 Å². The molecule has 0 aliphatic carbocycles. The molecule has 2 N–H and O–H groups in total. The summed E-state index contributed by atoms with van der Waals surface area (Å²) in [6, 6.07) is 2.03. The monoisotopic (exact) mass is 342 g/mol. The summed E-state index contributed by atoms with van der Waals surface area (Å²) < 4.78 is 13.6. The molecule has 6 nitrogen and oxygen atoms in total. The Balaban J connectivity index is 2.37. The lowest BCUT2D eigenvalue weighted by Crippen LogP contribution is -2.12. The van der Waals surface area contributed by atoms with Crippen molar-refractivity contribution in [1.82, 2.24) is 9.97 Å². The highest BCUT2D eigenvalue weighted by Crippen LogP contribution is 2.33. The molecule has 1 aromatic carbocycles. The molecule has 1 heterocycles. The average molecular weight is 343 g/mol. The number of imidazole rings is 1. The van der Waals surface area contributed by atoms with E-state index in [9.17, 15) is 14.5 Å². The lowest BCUT2D eigenvalue weighted by atomic mass is 10.2. The standard InChI is InChI=1S/C12H12BrFN4O2/c1-2-9(12-15-3-4-16-12)17-10-5-7(13)8(14)6-11(10)18(19)20/h3-6,9,17H,2H2,1H3,(H,15,16). The van der Waals surface area contributed by atoms with Gasteiger partial charge in [-0.3, -0.25) is 10.1 Å². The van der Waals surface area contributed by atoms with E-state index in [0.717, 1.165) is 6.07 Å². The predicted octanol–water partition coefficient (Wildman–Crippen LogP) is 3.78. The van der Waals surface area contributed by atoms with Crippen molar-refractivity contribution in [3.8, 4) is 0 Å². The normalized spacial score (nSPS) is 12.2. The van der Waals surface area contributed by atoms with Crippen LogP contribution in [0.2, 0.25) is 0 Å².